The fourth-order valence-electron chi connectivity index (χ4n) is 5.56. The Morgan fingerprint density at radius 2 is 0.795 bits per heavy atom. The van der Waals surface area contributed by atoms with Crippen LogP contribution in [0.2, 0.25) is 0 Å². The molecule has 0 saturated heterocycles. The number of rotatable bonds is 7. The minimum absolute atomic E-state index is 0.212. The molecule has 0 amide bonds. The molecule has 0 atom stereocenters. The normalized spacial score (nSPS) is 12.0. The first-order chi connectivity index (χ1) is 18.7. The molecule has 0 aliphatic carbocycles. The van der Waals surface area contributed by atoms with Gasteiger partial charge in [0.15, 0.2) is 0 Å². The second-order valence-corrected chi connectivity index (χ2v) is 11.4. The number of phenols is 2. The van der Waals surface area contributed by atoms with Gasteiger partial charge in [0.25, 0.3) is 0 Å². The van der Waals surface area contributed by atoms with Crippen LogP contribution in [-0.4, -0.2) is 10.2 Å². The second-order valence-electron chi connectivity index (χ2n) is 11.4. The maximum absolute atomic E-state index is 11.3. The Bertz CT molecular complexity index is 1450. The molecule has 0 aliphatic heterocycles. The number of phenolic OH excluding ortho intramolecular Hbond substituents is 2. The van der Waals surface area contributed by atoms with E-state index in [1.54, 1.807) is 12.1 Å². The van der Waals surface area contributed by atoms with Gasteiger partial charge in [-0.25, -0.2) is 0 Å². The van der Waals surface area contributed by atoms with Crippen molar-refractivity contribution >= 4 is 0 Å². The molecule has 0 bridgehead atoms. The standard InChI is InChI=1S/C37H36O2/c1-36(2,27-16-10-6-11-17-27)29-20-22-33(38)31(24-29)35(26-14-8-5-9-15-26)32-25-30(21-23-34(32)39)37(3,4)28-18-12-7-13-19-28/h5-25,35,38-39H,1-4H3. The van der Waals surface area contributed by atoms with E-state index < -0.39 is 0 Å². The van der Waals surface area contributed by atoms with Crippen LogP contribution in [0.15, 0.2) is 127 Å². The average Bonchev–Trinajstić information content (AvgIpc) is 2.96. The van der Waals surface area contributed by atoms with Crippen molar-refractivity contribution in [2.45, 2.75) is 44.4 Å². The van der Waals surface area contributed by atoms with E-state index in [9.17, 15) is 10.2 Å². The van der Waals surface area contributed by atoms with Crippen molar-refractivity contribution in [3.8, 4) is 11.5 Å². The number of hydrogen-bond acceptors (Lipinski definition) is 2. The summed E-state index contributed by atoms with van der Waals surface area (Å²) in [7, 11) is 0. The van der Waals surface area contributed by atoms with E-state index >= 15 is 0 Å². The molecule has 2 nitrogen and oxygen atoms in total. The summed E-state index contributed by atoms with van der Waals surface area (Å²) in [6, 6.07) is 42.8. The van der Waals surface area contributed by atoms with Crippen molar-refractivity contribution in [2.24, 2.45) is 0 Å². The molecule has 0 unspecified atom stereocenters. The quantitative estimate of drug-likeness (QED) is 0.214. The molecule has 0 spiro atoms. The smallest absolute Gasteiger partial charge is 0.119 e. The summed E-state index contributed by atoms with van der Waals surface area (Å²) in [5.74, 6) is 0.0661. The molecule has 5 rings (SSSR count). The topological polar surface area (TPSA) is 40.5 Å². The Balaban J connectivity index is 1.70. The maximum atomic E-state index is 11.3. The van der Waals surface area contributed by atoms with Crippen molar-refractivity contribution in [2.75, 3.05) is 0 Å². The monoisotopic (exact) mass is 512 g/mol. The van der Waals surface area contributed by atoms with Gasteiger partial charge >= 0.3 is 0 Å². The van der Waals surface area contributed by atoms with Crippen LogP contribution in [0, 0.1) is 0 Å². The zero-order valence-electron chi connectivity index (χ0n) is 23.1. The van der Waals surface area contributed by atoms with Crippen LogP contribution in [0.1, 0.15) is 72.6 Å². The largest absolute Gasteiger partial charge is 0.508 e. The highest BCUT2D eigenvalue weighted by Gasteiger charge is 2.30. The summed E-state index contributed by atoms with van der Waals surface area (Å²) in [5, 5.41) is 22.6. The lowest BCUT2D eigenvalue weighted by molar-refractivity contribution is 0.457. The van der Waals surface area contributed by atoms with Crippen LogP contribution < -0.4 is 0 Å². The zero-order valence-corrected chi connectivity index (χ0v) is 23.1. The highest BCUT2D eigenvalue weighted by molar-refractivity contribution is 5.57. The molecule has 2 heteroatoms. The van der Waals surface area contributed by atoms with E-state index in [-0.39, 0.29) is 28.2 Å². The number of hydrogen-bond donors (Lipinski definition) is 2. The van der Waals surface area contributed by atoms with Gasteiger partial charge in [0.1, 0.15) is 11.5 Å². The fraction of sp³-hybridized carbons (Fsp3) is 0.189. The van der Waals surface area contributed by atoms with E-state index in [1.165, 1.54) is 11.1 Å². The van der Waals surface area contributed by atoms with Crippen LogP contribution in [0.3, 0.4) is 0 Å². The molecule has 0 aromatic heterocycles. The molecule has 5 aromatic carbocycles. The fourth-order valence-corrected chi connectivity index (χ4v) is 5.56. The average molecular weight is 513 g/mol. The first kappa shape index (κ1) is 26.3. The minimum atomic E-state index is -0.357. The van der Waals surface area contributed by atoms with E-state index in [0.29, 0.717) is 0 Å². The summed E-state index contributed by atoms with van der Waals surface area (Å²) < 4.78 is 0. The summed E-state index contributed by atoms with van der Waals surface area (Å²) >= 11 is 0. The van der Waals surface area contributed by atoms with Gasteiger partial charge in [-0.2, -0.15) is 0 Å². The first-order valence-electron chi connectivity index (χ1n) is 13.5. The lowest BCUT2D eigenvalue weighted by atomic mass is 9.74. The Hall–Kier alpha value is -4.30. The Kier molecular flexibility index (Phi) is 7.06. The van der Waals surface area contributed by atoms with Crippen LogP contribution in [0.4, 0.5) is 0 Å². The van der Waals surface area contributed by atoms with E-state index in [4.69, 9.17) is 0 Å². The van der Waals surface area contributed by atoms with Crippen LogP contribution in [0.5, 0.6) is 11.5 Å². The Morgan fingerprint density at radius 1 is 0.436 bits per heavy atom. The maximum Gasteiger partial charge on any atom is 0.119 e. The van der Waals surface area contributed by atoms with Crippen LogP contribution in [0.25, 0.3) is 0 Å². The van der Waals surface area contributed by atoms with Gasteiger partial charge < -0.3 is 10.2 Å². The van der Waals surface area contributed by atoms with Gasteiger partial charge in [-0.05, 0) is 39.9 Å². The summed E-state index contributed by atoms with van der Waals surface area (Å²) in [6.45, 7) is 8.82. The molecule has 0 aliphatic rings. The van der Waals surface area contributed by atoms with Crippen molar-refractivity contribution in [1.29, 1.82) is 0 Å². The molecular formula is C37H36O2. The van der Waals surface area contributed by atoms with Crippen LogP contribution >= 0.6 is 0 Å². The number of aromatic hydroxyl groups is 2. The highest BCUT2D eigenvalue weighted by Crippen LogP contribution is 2.44. The molecular weight excluding hydrogens is 476 g/mol. The lowest BCUT2D eigenvalue weighted by Gasteiger charge is -2.30. The third kappa shape index (κ3) is 5.07. The van der Waals surface area contributed by atoms with Gasteiger partial charge in [-0.1, -0.05) is 143 Å². The SMILES string of the molecule is CC(C)(c1ccccc1)c1ccc(O)c(C(c2ccccc2)c2cc(C(C)(C)c3ccccc3)ccc2O)c1. The first-order valence-corrected chi connectivity index (χ1v) is 13.5. The molecule has 2 N–H and O–H groups in total. The third-order valence-electron chi connectivity index (χ3n) is 8.24. The lowest BCUT2D eigenvalue weighted by Crippen LogP contribution is -2.20. The van der Waals surface area contributed by atoms with Crippen molar-refractivity contribution < 1.29 is 10.2 Å². The van der Waals surface area contributed by atoms with E-state index in [0.717, 1.165) is 27.8 Å². The Morgan fingerprint density at radius 3 is 1.18 bits per heavy atom. The summed E-state index contributed by atoms with van der Waals surface area (Å²) in [6.07, 6.45) is 0. The van der Waals surface area contributed by atoms with Crippen molar-refractivity contribution in [1.82, 2.24) is 0 Å². The molecule has 0 heterocycles. The highest BCUT2D eigenvalue weighted by atomic mass is 16.3. The minimum Gasteiger partial charge on any atom is -0.508 e. The molecule has 0 radical (unpaired) electrons. The summed E-state index contributed by atoms with van der Waals surface area (Å²) in [4.78, 5) is 0. The zero-order chi connectivity index (χ0) is 27.6. The van der Waals surface area contributed by atoms with Gasteiger partial charge in [-0.15, -0.1) is 0 Å². The third-order valence-corrected chi connectivity index (χ3v) is 8.24. The van der Waals surface area contributed by atoms with Gasteiger partial charge in [0.2, 0.25) is 0 Å². The Labute approximate surface area is 232 Å². The predicted octanol–water partition coefficient (Wildman–Crippen LogP) is 8.93. The predicted molar refractivity (Wildman–Crippen MR) is 161 cm³/mol. The van der Waals surface area contributed by atoms with E-state index in [2.05, 4.69) is 100 Å². The molecule has 0 saturated carbocycles. The van der Waals surface area contributed by atoms with Gasteiger partial charge in [-0.3, -0.25) is 0 Å². The molecule has 39 heavy (non-hydrogen) atoms. The molecule has 0 fully saturated rings. The van der Waals surface area contributed by atoms with Crippen LogP contribution in [-0.2, 0) is 10.8 Å². The second kappa shape index (κ2) is 10.5. The number of benzene rings is 5. The van der Waals surface area contributed by atoms with Gasteiger partial charge in [0, 0.05) is 27.9 Å². The van der Waals surface area contributed by atoms with Crippen molar-refractivity contribution in [3.63, 3.8) is 0 Å². The summed E-state index contributed by atoms with van der Waals surface area (Å²) in [5.41, 5.74) is 6.60. The van der Waals surface area contributed by atoms with Gasteiger partial charge in [0.05, 0.1) is 0 Å². The molecule has 196 valence electrons. The molecule has 5 aromatic rings. The van der Waals surface area contributed by atoms with E-state index in [1.807, 2.05) is 42.5 Å². The van der Waals surface area contributed by atoms with Crippen molar-refractivity contribution in [3.05, 3.63) is 166 Å².